The van der Waals surface area contributed by atoms with Crippen LogP contribution in [0, 0.1) is 6.92 Å². The molecule has 0 spiro atoms. The molecule has 1 aliphatic rings. The van der Waals surface area contributed by atoms with Gasteiger partial charge in [-0.15, -0.1) is 0 Å². The van der Waals surface area contributed by atoms with Crippen molar-refractivity contribution < 1.29 is 38.1 Å². The van der Waals surface area contributed by atoms with Crippen molar-refractivity contribution in [1.82, 2.24) is 23.5 Å². The van der Waals surface area contributed by atoms with Gasteiger partial charge in [-0.1, -0.05) is 0 Å². The van der Waals surface area contributed by atoms with Crippen LogP contribution in [0.5, 0.6) is 0 Å². The molecule has 37 heavy (non-hydrogen) atoms. The fourth-order valence-electron chi connectivity index (χ4n) is 4.49. The Labute approximate surface area is 211 Å². The minimum atomic E-state index is -1.12. The second-order valence-corrected chi connectivity index (χ2v) is 8.62. The first-order valence-corrected chi connectivity index (χ1v) is 11.7. The number of esters is 3. The summed E-state index contributed by atoms with van der Waals surface area (Å²) < 4.78 is 32.3. The maximum atomic E-state index is 13.5. The number of carbonyl (C=O) groups is 3. The summed E-state index contributed by atoms with van der Waals surface area (Å²) in [7, 11) is 1.71. The maximum Gasteiger partial charge on any atom is 0.303 e. The van der Waals surface area contributed by atoms with E-state index in [-0.39, 0.29) is 18.7 Å². The van der Waals surface area contributed by atoms with Crippen molar-refractivity contribution >= 4 is 34.8 Å². The minimum absolute atomic E-state index is 0.114. The first-order chi connectivity index (χ1) is 17.5. The van der Waals surface area contributed by atoms with Gasteiger partial charge in [0.2, 0.25) is 5.78 Å². The monoisotopic (exact) mass is 519 g/mol. The van der Waals surface area contributed by atoms with Gasteiger partial charge in [-0.3, -0.25) is 28.3 Å². The van der Waals surface area contributed by atoms with Gasteiger partial charge in [-0.2, -0.15) is 0 Å². The number of imidazole rings is 2. The summed E-state index contributed by atoms with van der Waals surface area (Å²) in [6, 6.07) is 0. The molecular weight excluding hydrogens is 490 g/mol. The Morgan fingerprint density at radius 2 is 1.76 bits per heavy atom. The van der Waals surface area contributed by atoms with E-state index in [1.807, 2.05) is 6.92 Å². The lowest BCUT2D eigenvalue weighted by Crippen LogP contribution is -2.40. The second-order valence-electron chi connectivity index (χ2n) is 8.62. The molecule has 0 aromatic carbocycles. The van der Waals surface area contributed by atoms with E-state index in [2.05, 4.69) is 9.97 Å². The fraction of sp³-hybridized carbons (Fsp3) is 0.565. The molecule has 3 aromatic rings. The number of hydrogen-bond acceptors (Lipinski definition) is 11. The summed E-state index contributed by atoms with van der Waals surface area (Å²) in [5.41, 5.74) is 1.28. The third-order valence-electron chi connectivity index (χ3n) is 6.00. The molecule has 4 heterocycles. The Balaban J connectivity index is 1.87. The van der Waals surface area contributed by atoms with Gasteiger partial charge < -0.3 is 23.7 Å². The fourth-order valence-corrected chi connectivity index (χ4v) is 4.49. The minimum Gasteiger partial charge on any atom is -0.463 e. The van der Waals surface area contributed by atoms with Crippen LogP contribution in [0.2, 0.25) is 0 Å². The van der Waals surface area contributed by atoms with E-state index in [4.69, 9.17) is 23.7 Å². The Morgan fingerprint density at radius 1 is 1.08 bits per heavy atom. The van der Waals surface area contributed by atoms with Crippen LogP contribution in [0.15, 0.2) is 11.1 Å². The number of hydrogen-bond donors (Lipinski definition) is 0. The first-order valence-electron chi connectivity index (χ1n) is 11.7. The third kappa shape index (κ3) is 4.81. The predicted octanol–water partition coefficient (Wildman–Crippen LogP) is 0.552. The van der Waals surface area contributed by atoms with Gasteiger partial charge in [-0.25, -0.2) is 14.4 Å². The lowest BCUT2D eigenvalue weighted by atomic mass is 10.1. The molecule has 0 bridgehead atoms. The molecule has 0 N–H and O–H groups in total. The highest BCUT2D eigenvalue weighted by molar-refractivity contribution is 5.74. The van der Waals surface area contributed by atoms with Crippen LogP contribution in [0.4, 0.5) is 0 Å². The van der Waals surface area contributed by atoms with Crippen LogP contribution < -0.4 is 5.56 Å². The highest BCUT2D eigenvalue weighted by Crippen LogP contribution is 2.36. The molecule has 4 atom stereocenters. The van der Waals surface area contributed by atoms with Gasteiger partial charge in [-0.05, 0) is 13.8 Å². The molecule has 14 nitrogen and oxygen atoms in total. The Hall–Kier alpha value is -3.78. The predicted molar refractivity (Wildman–Crippen MR) is 125 cm³/mol. The average molecular weight is 520 g/mol. The molecule has 4 rings (SSSR count). The summed E-state index contributed by atoms with van der Waals surface area (Å²) >= 11 is 0. The molecule has 14 heteroatoms. The molecule has 0 radical (unpaired) electrons. The molecule has 0 amide bonds. The van der Waals surface area contributed by atoms with Gasteiger partial charge in [0.05, 0.1) is 24.3 Å². The van der Waals surface area contributed by atoms with Crippen LogP contribution in [0.1, 0.15) is 45.3 Å². The van der Waals surface area contributed by atoms with Crippen LogP contribution in [0.25, 0.3) is 16.9 Å². The van der Waals surface area contributed by atoms with E-state index >= 15 is 0 Å². The number of aromatic nitrogens is 5. The van der Waals surface area contributed by atoms with Crippen LogP contribution in [-0.4, -0.2) is 72.9 Å². The zero-order valence-electron chi connectivity index (χ0n) is 21.4. The Bertz CT molecular complexity index is 1420. The smallest absolute Gasteiger partial charge is 0.303 e. The van der Waals surface area contributed by atoms with Crippen molar-refractivity contribution in [3.63, 3.8) is 0 Å². The third-order valence-corrected chi connectivity index (χ3v) is 6.00. The number of fused-ring (bicyclic) bond motifs is 2. The summed E-state index contributed by atoms with van der Waals surface area (Å²) in [5.74, 6) is -1.50. The molecule has 0 aliphatic carbocycles. The van der Waals surface area contributed by atoms with Gasteiger partial charge in [0.15, 0.2) is 29.6 Å². The standard InChI is InChI=1S/C23H29N5O9/c1-7-33-8-15-11(2)25-23-26(6)20-17(21(32)28(15)23)24-10-27(20)22-19(36-14(5)31)18(35-13(4)30)16(37-22)9-34-12(3)29/h10,16,18-19,22H,7-9H2,1-6H3/t16-,18-,19-,22-/m1/s1. The van der Waals surface area contributed by atoms with Crippen LogP contribution in [0.3, 0.4) is 0 Å². The Morgan fingerprint density at radius 3 is 2.38 bits per heavy atom. The average Bonchev–Trinajstić information content (AvgIpc) is 3.49. The lowest BCUT2D eigenvalue weighted by Gasteiger charge is -2.24. The van der Waals surface area contributed by atoms with Crippen molar-refractivity contribution in [2.24, 2.45) is 7.05 Å². The number of aryl methyl sites for hydroxylation is 2. The van der Waals surface area contributed by atoms with Crippen molar-refractivity contribution in [2.45, 2.75) is 65.8 Å². The zero-order valence-corrected chi connectivity index (χ0v) is 21.4. The SMILES string of the molecule is CCOCc1c(C)nc2n(C)c3c(ncn3[C@@H]3O[C@H](COC(C)=O)[C@@H](OC(C)=O)[C@H]3OC(C)=O)c(=O)n12. The van der Waals surface area contributed by atoms with Gasteiger partial charge in [0.1, 0.15) is 12.7 Å². The largest absolute Gasteiger partial charge is 0.463 e. The molecule has 0 unspecified atom stereocenters. The molecule has 1 saturated heterocycles. The van der Waals surface area contributed by atoms with Crippen molar-refractivity contribution in [2.75, 3.05) is 13.2 Å². The topological polar surface area (TPSA) is 154 Å². The van der Waals surface area contributed by atoms with E-state index in [0.29, 0.717) is 29.4 Å². The second kappa shape index (κ2) is 10.3. The van der Waals surface area contributed by atoms with E-state index in [1.165, 1.54) is 36.1 Å². The molecule has 200 valence electrons. The summed E-state index contributed by atoms with van der Waals surface area (Å²) in [4.78, 5) is 57.7. The summed E-state index contributed by atoms with van der Waals surface area (Å²) in [5, 5.41) is 0. The number of ether oxygens (including phenoxy) is 5. The summed E-state index contributed by atoms with van der Waals surface area (Å²) in [6.07, 6.45) is -2.85. The maximum absolute atomic E-state index is 13.5. The molecular formula is C23H29N5O9. The summed E-state index contributed by atoms with van der Waals surface area (Å²) in [6.45, 7) is 7.70. The van der Waals surface area contributed by atoms with E-state index in [1.54, 1.807) is 18.5 Å². The van der Waals surface area contributed by atoms with Crippen LogP contribution >= 0.6 is 0 Å². The normalized spacial score (nSPS) is 21.5. The number of carbonyl (C=O) groups excluding carboxylic acids is 3. The molecule has 1 fully saturated rings. The highest BCUT2D eigenvalue weighted by atomic mass is 16.7. The zero-order chi connectivity index (χ0) is 27.0. The molecule has 1 aliphatic heterocycles. The quantitative estimate of drug-likeness (QED) is 0.303. The van der Waals surface area contributed by atoms with Gasteiger partial charge in [0.25, 0.3) is 5.56 Å². The van der Waals surface area contributed by atoms with Crippen molar-refractivity contribution in [1.29, 1.82) is 0 Å². The van der Waals surface area contributed by atoms with Gasteiger partial charge >= 0.3 is 17.9 Å². The van der Waals surface area contributed by atoms with Crippen molar-refractivity contribution in [3.05, 3.63) is 28.1 Å². The number of nitrogens with zero attached hydrogens (tertiary/aromatic N) is 5. The molecule has 0 saturated carbocycles. The van der Waals surface area contributed by atoms with E-state index in [9.17, 15) is 19.2 Å². The lowest BCUT2D eigenvalue weighted by molar-refractivity contribution is -0.166. The van der Waals surface area contributed by atoms with E-state index in [0.717, 1.165) is 0 Å². The van der Waals surface area contributed by atoms with E-state index < -0.39 is 48.0 Å². The first kappa shape index (κ1) is 26.3. The Kier molecular flexibility index (Phi) is 7.32. The highest BCUT2D eigenvalue weighted by Gasteiger charge is 2.51. The van der Waals surface area contributed by atoms with Crippen molar-refractivity contribution in [3.8, 4) is 0 Å². The van der Waals surface area contributed by atoms with Crippen LogP contribution in [-0.2, 0) is 51.7 Å². The van der Waals surface area contributed by atoms with Gasteiger partial charge in [0, 0.05) is 34.4 Å². The molecule has 3 aromatic heterocycles. The number of rotatable bonds is 8.